The Bertz CT molecular complexity index is 895. The minimum atomic E-state index is -3.11. The lowest BCUT2D eigenvalue weighted by Crippen LogP contribution is -2.48. The molecule has 0 aromatic carbocycles. The molecule has 0 bridgehead atoms. The van der Waals surface area contributed by atoms with Crippen molar-refractivity contribution in [2.75, 3.05) is 18.1 Å². The third kappa shape index (κ3) is 4.80. The number of carbonyl (C=O) groups is 2. The molecule has 1 N–H and O–H groups in total. The second-order valence-corrected chi connectivity index (χ2v) is 10.0. The molecule has 2 aliphatic rings. The lowest BCUT2D eigenvalue weighted by Gasteiger charge is -2.23. The van der Waals surface area contributed by atoms with Crippen LogP contribution in [0.25, 0.3) is 6.08 Å². The molecule has 0 spiro atoms. The normalized spacial score (nSPS) is 24.3. The minimum Gasteiger partial charge on any atom is -0.452 e. The van der Waals surface area contributed by atoms with Crippen molar-refractivity contribution in [1.29, 1.82) is 0 Å². The van der Waals surface area contributed by atoms with E-state index in [4.69, 9.17) is 4.74 Å². The van der Waals surface area contributed by atoms with Crippen LogP contribution >= 0.6 is 0 Å². The molecule has 2 heterocycles. The first-order chi connectivity index (χ1) is 12.6. The molecule has 1 aliphatic carbocycles. The SMILES string of the molecule is Cc1cc(/C=C/C(=O)OCC(=O)N[C@]2(C)CCS(=O)(=O)C2)c(C)n1C1CC1. The van der Waals surface area contributed by atoms with Crippen LogP contribution in [0.15, 0.2) is 12.1 Å². The van der Waals surface area contributed by atoms with E-state index in [2.05, 4.69) is 16.8 Å². The van der Waals surface area contributed by atoms with E-state index in [9.17, 15) is 18.0 Å². The number of aromatic nitrogens is 1. The average Bonchev–Trinajstić information content (AvgIpc) is 3.29. The summed E-state index contributed by atoms with van der Waals surface area (Å²) in [5, 5.41) is 2.66. The van der Waals surface area contributed by atoms with Crippen LogP contribution in [0.5, 0.6) is 0 Å². The van der Waals surface area contributed by atoms with Gasteiger partial charge in [0.1, 0.15) is 0 Å². The van der Waals surface area contributed by atoms with Crippen LogP contribution in [0.1, 0.15) is 49.2 Å². The second-order valence-electron chi connectivity index (χ2n) is 7.82. The summed E-state index contributed by atoms with van der Waals surface area (Å²) in [5.74, 6) is -1.13. The minimum absolute atomic E-state index is 0.0611. The van der Waals surface area contributed by atoms with Crippen LogP contribution in [0.2, 0.25) is 0 Å². The van der Waals surface area contributed by atoms with Crippen molar-refractivity contribution >= 4 is 27.8 Å². The van der Waals surface area contributed by atoms with Gasteiger partial charge in [-0.2, -0.15) is 0 Å². The summed E-state index contributed by atoms with van der Waals surface area (Å²) in [4.78, 5) is 23.9. The molecule has 2 fully saturated rings. The van der Waals surface area contributed by atoms with Gasteiger partial charge in [-0.05, 0) is 57.7 Å². The summed E-state index contributed by atoms with van der Waals surface area (Å²) in [6, 6.07) is 2.61. The maximum absolute atomic E-state index is 12.0. The second kappa shape index (κ2) is 7.14. The fraction of sp³-hybridized carbons (Fsp3) is 0.579. The highest BCUT2D eigenvalue weighted by atomic mass is 32.2. The first-order valence-electron chi connectivity index (χ1n) is 9.13. The van der Waals surface area contributed by atoms with Crippen LogP contribution in [-0.2, 0) is 24.2 Å². The van der Waals surface area contributed by atoms with Crippen molar-refractivity contribution < 1.29 is 22.7 Å². The number of esters is 1. The molecule has 148 valence electrons. The van der Waals surface area contributed by atoms with Crippen molar-refractivity contribution in [2.24, 2.45) is 0 Å². The lowest BCUT2D eigenvalue weighted by atomic mass is 10.0. The Kier molecular flexibility index (Phi) is 5.20. The standard InChI is InChI=1S/C19H26N2O5S/c1-13-10-15(14(2)21(13)16-5-6-16)4-7-18(23)26-11-17(22)20-19(3)8-9-27(24,25)12-19/h4,7,10,16H,5-6,8-9,11-12H2,1-3H3,(H,20,22)/b7-4+/t19-/m1/s1. The van der Waals surface area contributed by atoms with Crippen molar-refractivity contribution in [1.82, 2.24) is 9.88 Å². The van der Waals surface area contributed by atoms with E-state index >= 15 is 0 Å². The predicted octanol–water partition coefficient (Wildman–Crippen LogP) is 1.69. The van der Waals surface area contributed by atoms with Gasteiger partial charge in [-0.1, -0.05) is 0 Å². The summed E-state index contributed by atoms with van der Waals surface area (Å²) in [7, 11) is -3.11. The highest BCUT2D eigenvalue weighted by Crippen LogP contribution is 2.38. The van der Waals surface area contributed by atoms with Gasteiger partial charge in [0.25, 0.3) is 5.91 Å². The Morgan fingerprint density at radius 1 is 1.37 bits per heavy atom. The number of ether oxygens (including phenoxy) is 1. The Balaban J connectivity index is 1.50. The number of nitrogens with zero attached hydrogens (tertiary/aromatic N) is 1. The summed E-state index contributed by atoms with van der Waals surface area (Å²) in [5.41, 5.74) is 2.46. The zero-order valence-corrected chi connectivity index (χ0v) is 16.8. The number of hydrogen-bond donors (Lipinski definition) is 1. The van der Waals surface area contributed by atoms with E-state index in [0.717, 1.165) is 11.3 Å². The molecular weight excluding hydrogens is 368 g/mol. The number of nitrogens with one attached hydrogen (secondary N) is 1. The van der Waals surface area contributed by atoms with Crippen LogP contribution in [0.3, 0.4) is 0 Å². The van der Waals surface area contributed by atoms with E-state index in [1.807, 2.05) is 13.0 Å². The van der Waals surface area contributed by atoms with Crippen LogP contribution in [0, 0.1) is 13.8 Å². The van der Waals surface area contributed by atoms with Gasteiger partial charge in [0.05, 0.1) is 17.0 Å². The maximum Gasteiger partial charge on any atom is 0.331 e. The molecule has 3 rings (SSSR count). The van der Waals surface area contributed by atoms with Crippen molar-refractivity contribution in [3.63, 3.8) is 0 Å². The molecule has 1 atom stereocenters. The molecule has 27 heavy (non-hydrogen) atoms. The van der Waals surface area contributed by atoms with Gasteiger partial charge in [0.2, 0.25) is 0 Å². The average molecular weight is 394 g/mol. The van der Waals surface area contributed by atoms with Gasteiger partial charge in [-0.25, -0.2) is 13.2 Å². The van der Waals surface area contributed by atoms with Crippen molar-refractivity contribution in [3.05, 3.63) is 29.1 Å². The van der Waals surface area contributed by atoms with Gasteiger partial charge in [-0.15, -0.1) is 0 Å². The Morgan fingerprint density at radius 2 is 2.07 bits per heavy atom. The number of aryl methyl sites for hydroxylation is 1. The first-order valence-corrected chi connectivity index (χ1v) is 11.0. The van der Waals surface area contributed by atoms with Crippen LogP contribution in [-0.4, -0.2) is 48.5 Å². The molecule has 0 radical (unpaired) electrons. The van der Waals surface area contributed by atoms with Gasteiger partial charge in [0, 0.05) is 23.5 Å². The summed E-state index contributed by atoms with van der Waals surface area (Å²) < 4.78 is 30.4. The molecule has 1 aromatic rings. The third-order valence-corrected chi connectivity index (χ3v) is 7.03. The maximum atomic E-state index is 12.0. The Labute approximate surface area is 159 Å². The summed E-state index contributed by atoms with van der Waals surface area (Å²) >= 11 is 0. The molecule has 1 aromatic heterocycles. The summed E-state index contributed by atoms with van der Waals surface area (Å²) in [6.45, 7) is 5.34. The highest BCUT2D eigenvalue weighted by Gasteiger charge is 2.39. The first kappa shape index (κ1) is 19.7. The molecule has 1 saturated heterocycles. The van der Waals surface area contributed by atoms with E-state index in [-0.39, 0.29) is 11.5 Å². The van der Waals surface area contributed by atoms with Gasteiger partial charge < -0.3 is 14.6 Å². The van der Waals surface area contributed by atoms with Gasteiger partial charge in [-0.3, -0.25) is 4.79 Å². The number of sulfone groups is 1. The predicted molar refractivity (Wildman–Crippen MR) is 102 cm³/mol. The monoisotopic (exact) mass is 394 g/mol. The lowest BCUT2D eigenvalue weighted by molar-refractivity contribution is -0.144. The van der Waals surface area contributed by atoms with Crippen LogP contribution < -0.4 is 5.32 Å². The van der Waals surface area contributed by atoms with Crippen molar-refractivity contribution in [3.8, 4) is 0 Å². The largest absolute Gasteiger partial charge is 0.452 e. The Hall–Kier alpha value is -2.09. The van der Waals surface area contributed by atoms with E-state index in [1.165, 1.54) is 24.6 Å². The Morgan fingerprint density at radius 3 is 2.67 bits per heavy atom. The molecule has 7 nitrogen and oxygen atoms in total. The number of rotatable bonds is 6. The highest BCUT2D eigenvalue weighted by molar-refractivity contribution is 7.91. The fourth-order valence-corrected chi connectivity index (χ4v) is 5.78. The number of hydrogen-bond acceptors (Lipinski definition) is 5. The zero-order chi connectivity index (χ0) is 19.8. The topological polar surface area (TPSA) is 94.5 Å². The number of carbonyl (C=O) groups excluding carboxylic acids is 2. The molecule has 8 heteroatoms. The molecule has 1 amide bonds. The smallest absolute Gasteiger partial charge is 0.331 e. The quantitative estimate of drug-likeness (QED) is 0.585. The molecule has 1 aliphatic heterocycles. The van der Waals surface area contributed by atoms with E-state index in [1.54, 1.807) is 13.0 Å². The zero-order valence-electron chi connectivity index (χ0n) is 15.9. The van der Waals surface area contributed by atoms with Crippen molar-refractivity contribution in [2.45, 2.75) is 51.6 Å². The third-order valence-electron chi connectivity index (χ3n) is 5.12. The summed E-state index contributed by atoms with van der Waals surface area (Å²) in [6.07, 6.45) is 5.76. The van der Waals surface area contributed by atoms with Crippen LogP contribution in [0.4, 0.5) is 0 Å². The van der Waals surface area contributed by atoms with E-state index in [0.29, 0.717) is 12.5 Å². The molecule has 1 saturated carbocycles. The number of amides is 1. The van der Waals surface area contributed by atoms with Gasteiger partial charge in [0.15, 0.2) is 16.4 Å². The fourth-order valence-electron chi connectivity index (χ4n) is 3.69. The van der Waals surface area contributed by atoms with Gasteiger partial charge >= 0.3 is 5.97 Å². The molecule has 0 unspecified atom stereocenters. The molecular formula is C19H26N2O5S. The van der Waals surface area contributed by atoms with E-state index < -0.39 is 33.9 Å².